The molecule has 1 aromatic heterocycles. The number of amides is 1. The Kier molecular flexibility index (Phi) is 6.07. The molecule has 0 radical (unpaired) electrons. The molecule has 1 heterocycles. The van der Waals surface area contributed by atoms with E-state index in [0.29, 0.717) is 18.0 Å². The molecule has 0 aromatic carbocycles. The van der Waals surface area contributed by atoms with E-state index in [9.17, 15) is 4.79 Å². The van der Waals surface area contributed by atoms with Gasteiger partial charge >= 0.3 is 0 Å². The van der Waals surface area contributed by atoms with Gasteiger partial charge in [0.2, 0.25) is 0 Å². The van der Waals surface area contributed by atoms with E-state index in [4.69, 9.17) is 4.74 Å². The number of carbonyl (C=O) groups excluding carboxylic acids is 1. The lowest BCUT2D eigenvalue weighted by Gasteiger charge is -2.17. The second kappa shape index (κ2) is 7.33. The molecular formula is C12H18BrN3O2. The van der Waals surface area contributed by atoms with Gasteiger partial charge in [0.25, 0.3) is 5.91 Å². The summed E-state index contributed by atoms with van der Waals surface area (Å²) in [6.07, 6.45) is 2.46. The number of hydrogen-bond donors (Lipinski definition) is 2. The molecule has 0 fully saturated rings. The van der Waals surface area contributed by atoms with E-state index in [2.05, 4.69) is 31.5 Å². The average molecular weight is 316 g/mol. The monoisotopic (exact) mass is 315 g/mol. The van der Waals surface area contributed by atoms with E-state index in [1.165, 1.54) is 0 Å². The number of carbonyl (C=O) groups is 1. The van der Waals surface area contributed by atoms with Gasteiger partial charge in [-0.3, -0.25) is 4.79 Å². The van der Waals surface area contributed by atoms with Crippen LogP contribution in [0.5, 0.6) is 0 Å². The number of nitrogens with one attached hydrogen (secondary N) is 2. The summed E-state index contributed by atoms with van der Waals surface area (Å²) in [6.45, 7) is 2.50. The van der Waals surface area contributed by atoms with Crippen LogP contribution in [0.2, 0.25) is 0 Å². The van der Waals surface area contributed by atoms with Crippen molar-refractivity contribution in [3.05, 3.63) is 22.3 Å². The Morgan fingerprint density at radius 1 is 1.61 bits per heavy atom. The first-order chi connectivity index (χ1) is 8.62. The smallest absolute Gasteiger partial charge is 0.255 e. The number of ether oxygens (including phenoxy) is 1. The number of halogens is 1. The van der Waals surface area contributed by atoms with Crippen LogP contribution in [0, 0.1) is 0 Å². The molecule has 2 N–H and O–H groups in total. The van der Waals surface area contributed by atoms with Crippen molar-refractivity contribution in [2.45, 2.75) is 19.4 Å². The highest BCUT2D eigenvalue weighted by molar-refractivity contribution is 9.10. The van der Waals surface area contributed by atoms with Crippen LogP contribution >= 0.6 is 15.9 Å². The van der Waals surface area contributed by atoms with E-state index < -0.39 is 0 Å². The molecule has 18 heavy (non-hydrogen) atoms. The largest absolute Gasteiger partial charge is 0.383 e. The summed E-state index contributed by atoms with van der Waals surface area (Å²) in [5, 5.41) is 5.82. The van der Waals surface area contributed by atoms with Crippen LogP contribution in [0.4, 0.5) is 5.82 Å². The maximum atomic E-state index is 12.2. The zero-order valence-electron chi connectivity index (χ0n) is 10.8. The number of aromatic nitrogens is 1. The third-order valence-corrected chi connectivity index (χ3v) is 2.97. The Hall–Kier alpha value is -1.14. The highest BCUT2D eigenvalue weighted by Crippen LogP contribution is 2.17. The molecule has 0 aliphatic carbocycles. The van der Waals surface area contributed by atoms with Gasteiger partial charge in [-0.15, -0.1) is 0 Å². The van der Waals surface area contributed by atoms with Crippen LogP contribution in [-0.2, 0) is 4.74 Å². The molecular weight excluding hydrogens is 298 g/mol. The Morgan fingerprint density at radius 3 is 2.89 bits per heavy atom. The fraction of sp³-hybridized carbons (Fsp3) is 0.500. The molecule has 0 spiro atoms. The molecule has 1 atom stereocenters. The standard InChI is InChI=1S/C12H18BrN3O2/c1-4-9(7-18-3)16-12(17)10-5-8(13)6-15-11(10)14-2/h5-6,9H,4,7H2,1-3H3,(H,14,15)(H,16,17). The number of pyridine rings is 1. The summed E-state index contributed by atoms with van der Waals surface area (Å²) in [5.41, 5.74) is 0.515. The van der Waals surface area contributed by atoms with Crippen LogP contribution in [-0.4, -0.2) is 37.7 Å². The molecule has 0 saturated carbocycles. The van der Waals surface area contributed by atoms with E-state index >= 15 is 0 Å². The summed E-state index contributed by atoms with van der Waals surface area (Å²) in [6, 6.07) is 1.75. The van der Waals surface area contributed by atoms with Crippen LogP contribution < -0.4 is 10.6 Å². The highest BCUT2D eigenvalue weighted by Gasteiger charge is 2.16. The lowest BCUT2D eigenvalue weighted by molar-refractivity contribution is 0.0895. The Balaban J connectivity index is 2.85. The van der Waals surface area contributed by atoms with Gasteiger partial charge in [-0.2, -0.15) is 0 Å². The third kappa shape index (κ3) is 3.96. The van der Waals surface area contributed by atoms with Gasteiger partial charge in [0.05, 0.1) is 18.2 Å². The van der Waals surface area contributed by atoms with Gasteiger partial charge in [0, 0.05) is 24.8 Å². The van der Waals surface area contributed by atoms with Gasteiger partial charge in [-0.1, -0.05) is 6.92 Å². The minimum absolute atomic E-state index is 0.00573. The Labute approximate surface area is 115 Å². The predicted octanol–water partition coefficient (Wildman–Crippen LogP) is 2.04. The van der Waals surface area contributed by atoms with Crippen molar-refractivity contribution in [2.75, 3.05) is 26.1 Å². The van der Waals surface area contributed by atoms with Crippen LogP contribution in [0.3, 0.4) is 0 Å². The van der Waals surface area contributed by atoms with Gasteiger partial charge in [0.1, 0.15) is 5.82 Å². The summed E-state index contributed by atoms with van der Waals surface area (Å²) < 4.78 is 5.83. The molecule has 100 valence electrons. The van der Waals surface area contributed by atoms with Crippen LogP contribution in [0.15, 0.2) is 16.7 Å². The molecule has 6 heteroatoms. The molecule has 1 unspecified atom stereocenters. The predicted molar refractivity (Wildman–Crippen MR) is 74.9 cm³/mol. The second-order valence-corrected chi connectivity index (χ2v) is 4.75. The zero-order chi connectivity index (χ0) is 13.5. The Morgan fingerprint density at radius 2 is 2.33 bits per heavy atom. The summed E-state index contributed by atoms with van der Waals surface area (Å²) in [4.78, 5) is 16.3. The van der Waals surface area contributed by atoms with Crippen LogP contribution in [0.1, 0.15) is 23.7 Å². The van der Waals surface area contributed by atoms with Crippen molar-refractivity contribution < 1.29 is 9.53 Å². The topological polar surface area (TPSA) is 63.2 Å². The van der Waals surface area contributed by atoms with Crippen LogP contribution in [0.25, 0.3) is 0 Å². The normalized spacial score (nSPS) is 12.0. The van der Waals surface area contributed by atoms with Gasteiger partial charge in [-0.05, 0) is 28.4 Å². The number of anilines is 1. The fourth-order valence-corrected chi connectivity index (χ4v) is 1.87. The number of nitrogens with zero attached hydrogens (tertiary/aromatic N) is 1. The average Bonchev–Trinajstić information content (AvgIpc) is 2.38. The molecule has 1 aromatic rings. The molecule has 5 nitrogen and oxygen atoms in total. The van der Waals surface area contributed by atoms with Crippen molar-refractivity contribution in [1.82, 2.24) is 10.3 Å². The summed E-state index contributed by atoms with van der Waals surface area (Å²) in [5.74, 6) is 0.403. The molecule has 1 amide bonds. The number of methoxy groups -OCH3 is 1. The first-order valence-corrected chi connectivity index (χ1v) is 6.54. The first kappa shape index (κ1) is 14.9. The zero-order valence-corrected chi connectivity index (χ0v) is 12.4. The van der Waals surface area contributed by atoms with Gasteiger partial charge < -0.3 is 15.4 Å². The van der Waals surface area contributed by atoms with E-state index in [-0.39, 0.29) is 11.9 Å². The summed E-state index contributed by atoms with van der Waals surface area (Å²) >= 11 is 3.31. The van der Waals surface area contributed by atoms with E-state index in [1.54, 1.807) is 26.4 Å². The second-order valence-electron chi connectivity index (χ2n) is 3.83. The lowest BCUT2D eigenvalue weighted by Crippen LogP contribution is -2.37. The third-order valence-electron chi connectivity index (χ3n) is 2.53. The van der Waals surface area contributed by atoms with Crippen molar-refractivity contribution in [3.8, 4) is 0 Å². The SMILES string of the molecule is CCC(COC)NC(=O)c1cc(Br)cnc1NC. The van der Waals surface area contributed by atoms with E-state index in [0.717, 1.165) is 10.9 Å². The molecule has 0 saturated heterocycles. The van der Waals surface area contributed by atoms with Crippen molar-refractivity contribution in [2.24, 2.45) is 0 Å². The summed E-state index contributed by atoms with van der Waals surface area (Å²) in [7, 11) is 3.36. The maximum Gasteiger partial charge on any atom is 0.255 e. The minimum atomic E-state index is -0.156. The number of rotatable bonds is 6. The molecule has 0 bridgehead atoms. The number of hydrogen-bond acceptors (Lipinski definition) is 4. The lowest BCUT2D eigenvalue weighted by atomic mass is 10.2. The molecule has 1 rings (SSSR count). The van der Waals surface area contributed by atoms with E-state index in [1.807, 2.05) is 6.92 Å². The molecule has 0 aliphatic rings. The van der Waals surface area contributed by atoms with Crippen molar-refractivity contribution >= 4 is 27.7 Å². The maximum absolute atomic E-state index is 12.2. The quantitative estimate of drug-likeness (QED) is 0.843. The first-order valence-electron chi connectivity index (χ1n) is 5.75. The minimum Gasteiger partial charge on any atom is -0.383 e. The van der Waals surface area contributed by atoms with Gasteiger partial charge in [0.15, 0.2) is 0 Å². The van der Waals surface area contributed by atoms with Crippen molar-refractivity contribution in [1.29, 1.82) is 0 Å². The fourth-order valence-electron chi connectivity index (χ4n) is 1.54. The molecule has 0 aliphatic heterocycles. The van der Waals surface area contributed by atoms with Crippen molar-refractivity contribution in [3.63, 3.8) is 0 Å². The van der Waals surface area contributed by atoms with Gasteiger partial charge in [-0.25, -0.2) is 4.98 Å². The Bertz CT molecular complexity index is 412. The highest BCUT2D eigenvalue weighted by atomic mass is 79.9.